The third kappa shape index (κ3) is 3.11. The predicted molar refractivity (Wildman–Crippen MR) is 89.7 cm³/mol. The van der Waals surface area contributed by atoms with E-state index in [0.29, 0.717) is 12.2 Å². The van der Waals surface area contributed by atoms with Gasteiger partial charge in [-0.1, -0.05) is 23.7 Å². The highest BCUT2D eigenvalue weighted by Gasteiger charge is 2.34. The van der Waals surface area contributed by atoms with Gasteiger partial charge in [0, 0.05) is 24.2 Å². The Morgan fingerprint density at radius 3 is 3.04 bits per heavy atom. The van der Waals surface area contributed by atoms with Gasteiger partial charge < -0.3 is 14.7 Å². The Morgan fingerprint density at radius 2 is 2.33 bits per heavy atom. The van der Waals surface area contributed by atoms with E-state index < -0.39 is 5.82 Å². The highest BCUT2D eigenvalue weighted by molar-refractivity contribution is 6.31. The maximum atomic E-state index is 13.2. The molecule has 1 saturated heterocycles. The van der Waals surface area contributed by atoms with Crippen molar-refractivity contribution in [2.75, 3.05) is 11.9 Å². The predicted octanol–water partition coefficient (Wildman–Crippen LogP) is 4.71. The van der Waals surface area contributed by atoms with Crippen molar-refractivity contribution >= 4 is 23.3 Å². The van der Waals surface area contributed by atoms with Crippen LogP contribution in [-0.2, 0) is 6.42 Å². The van der Waals surface area contributed by atoms with Crippen LogP contribution in [0.25, 0.3) is 0 Å². The van der Waals surface area contributed by atoms with Crippen molar-refractivity contribution in [2.24, 2.45) is 0 Å². The smallest absolute Gasteiger partial charge is 0.322 e. The molecule has 24 heavy (non-hydrogen) atoms. The molecule has 0 radical (unpaired) electrons. The zero-order valence-corrected chi connectivity index (χ0v) is 14.4. The van der Waals surface area contributed by atoms with Crippen LogP contribution in [0.5, 0.6) is 0 Å². The van der Waals surface area contributed by atoms with E-state index in [9.17, 15) is 9.18 Å². The number of amides is 2. The highest BCUT2D eigenvalue weighted by atomic mass is 35.5. The molecule has 1 fully saturated rings. The Kier molecular flexibility index (Phi) is 4.76. The first-order valence-corrected chi connectivity index (χ1v) is 8.36. The maximum Gasteiger partial charge on any atom is 0.322 e. The summed E-state index contributed by atoms with van der Waals surface area (Å²) in [5.74, 6) is 0.309. The standard InChI is InChI=1S/C17H19ClFN3O2/c1-3-15-16(10(2)21-24-15)14-5-4-8-22(14)17(23)20-11-6-7-13(19)12(18)9-11/h6-7,9,14H,3-5,8H2,1-2H3,(H,20,23). The summed E-state index contributed by atoms with van der Waals surface area (Å²) in [4.78, 5) is 14.4. The highest BCUT2D eigenvalue weighted by Crippen LogP contribution is 2.36. The summed E-state index contributed by atoms with van der Waals surface area (Å²) in [6.07, 6.45) is 2.51. The van der Waals surface area contributed by atoms with Gasteiger partial charge >= 0.3 is 6.03 Å². The van der Waals surface area contributed by atoms with Crippen molar-refractivity contribution < 1.29 is 13.7 Å². The van der Waals surface area contributed by atoms with Crippen LogP contribution in [0.4, 0.5) is 14.9 Å². The van der Waals surface area contributed by atoms with Gasteiger partial charge in [0.2, 0.25) is 0 Å². The number of hydrogen-bond acceptors (Lipinski definition) is 3. The number of aryl methyl sites for hydroxylation is 2. The summed E-state index contributed by atoms with van der Waals surface area (Å²) in [5, 5.41) is 6.80. The quantitative estimate of drug-likeness (QED) is 0.871. The maximum absolute atomic E-state index is 13.2. The summed E-state index contributed by atoms with van der Waals surface area (Å²) in [5.41, 5.74) is 2.29. The van der Waals surface area contributed by atoms with Crippen LogP contribution in [-0.4, -0.2) is 22.6 Å². The van der Waals surface area contributed by atoms with Crippen LogP contribution in [0.15, 0.2) is 22.7 Å². The summed E-state index contributed by atoms with van der Waals surface area (Å²) in [7, 11) is 0. The van der Waals surface area contributed by atoms with E-state index in [-0.39, 0.29) is 17.1 Å². The molecule has 0 saturated carbocycles. The van der Waals surface area contributed by atoms with Crippen LogP contribution >= 0.6 is 11.6 Å². The van der Waals surface area contributed by atoms with E-state index in [1.165, 1.54) is 18.2 Å². The van der Waals surface area contributed by atoms with E-state index in [4.69, 9.17) is 16.1 Å². The molecule has 1 aromatic carbocycles. The lowest BCUT2D eigenvalue weighted by Crippen LogP contribution is -2.34. The van der Waals surface area contributed by atoms with Gasteiger partial charge in [-0.25, -0.2) is 9.18 Å². The molecule has 5 nitrogen and oxygen atoms in total. The van der Waals surface area contributed by atoms with Crippen LogP contribution in [0.1, 0.15) is 42.8 Å². The van der Waals surface area contributed by atoms with Crippen LogP contribution < -0.4 is 5.32 Å². The second-order valence-corrected chi connectivity index (χ2v) is 6.28. The molecule has 2 aromatic rings. The van der Waals surface area contributed by atoms with Crippen molar-refractivity contribution in [3.05, 3.63) is 46.1 Å². The number of hydrogen-bond donors (Lipinski definition) is 1. The number of carbonyl (C=O) groups excluding carboxylic acids is 1. The minimum Gasteiger partial charge on any atom is -0.361 e. The fourth-order valence-electron chi connectivity index (χ4n) is 3.18. The first-order valence-electron chi connectivity index (χ1n) is 7.99. The molecule has 0 spiro atoms. The van der Waals surface area contributed by atoms with E-state index in [1.54, 1.807) is 4.90 Å². The van der Waals surface area contributed by atoms with Crippen molar-refractivity contribution in [3.8, 4) is 0 Å². The molecule has 1 aliphatic rings. The number of anilines is 1. The lowest BCUT2D eigenvalue weighted by molar-refractivity contribution is 0.206. The Labute approximate surface area is 144 Å². The van der Waals surface area contributed by atoms with Gasteiger partial charge in [0.25, 0.3) is 0 Å². The van der Waals surface area contributed by atoms with Crippen LogP contribution in [0.3, 0.4) is 0 Å². The molecule has 0 bridgehead atoms. The van der Waals surface area contributed by atoms with Gasteiger partial charge in [0.15, 0.2) is 0 Å². The third-order valence-corrected chi connectivity index (χ3v) is 4.61. The summed E-state index contributed by atoms with van der Waals surface area (Å²) in [6.45, 7) is 4.55. The zero-order chi connectivity index (χ0) is 17.3. The van der Waals surface area contributed by atoms with Gasteiger partial charge in [-0.2, -0.15) is 0 Å². The fraction of sp³-hybridized carbons (Fsp3) is 0.412. The summed E-state index contributed by atoms with van der Waals surface area (Å²) >= 11 is 5.77. The molecular formula is C17H19ClFN3O2. The average Bonchev–Trinajstić information content (AvgIpc) is 3.16. The molecule has 2 amide bonds. The van der Waals surface area contributed by atoms with E-state index in [1.807, 2.05) is 13.8 Å². The molecule has 1 N–H and O–H groups in total. The first kappa shape index (κ1) is 16.8. The van der Waals surface area contributed by atoms with Crippen LogP contribution in [0, 0.1) is 12.7 Å². The van der Waals surface area contributed by atoms with Gasteiger partial charge in [-0.05, 0) is 38.0 Å². The molecule has 1 aliphatic heterocycles. The van der Waals surface area contributed by atoms with E-state index in [2.05, 4.69) is 10.5 Å². The minimum absolute atomic E-state index is 0.0195. The molecule has 128 valence electrons. The van der Waals surface area contributed by atoms with Crippen molar-refractivity contribution in [1.82, 2.24) is 10.1 Å². The van der Waals surface area contributed by atoms with Crippen molar-refractivity contribution in [1.29, 1.82) is 0 Å². The lowest BCUT2D eigenvalue weighted by atomic mass is 10.0. The van der Waals surface area contributed by atoms with Gasteiger partial charge in [0.05, 0.1) is 16.8 Å². The third-order valence-electron chi connectivity index (χ3n) is 4.32. The number of halogens is 2. The zero-order valence-electron chi connectivity index (χ0n) is 13.6. The largest absolute Gasteiger partial charge is 0.361 e. The molecular weight excluding hydrogens is 333 g/mol. The van der Waals surface area contributed by atoms with Gasteiger partial charge in [-0.15, -0.1) is 0 Å². The number of aromatic nitrogens is 1. The molecule has 1 unspecified atom stereocenters. The number of urea groups is 1. The summed E-state index contributed by atoms with van der Waals surface area (Å²) < 4.78 is 18.6. The topological polar surface area (TPSA) is 58.4 Å². The lowest BCUT2D eigenvalue weighted by Gasteiger charge is -2.25. The Balaban J connectivity index is 1.81. The molecule has 1 atom stereocenters. The van der Waals surface area contributed by atoms with Crippen molar-refractivity contribution in [3.63, 3.8) is 0 Å². The minimum atomic E-state index is -0.513. The summed E-state index contributed by atoms with van der Waals surface area (Å²) in [6, 6.07) is 3.84. The molecule has 3 rings (SSSR count). The SMILES string of the molecule is CCc1onc(C)c1C1CCCN1C(=O)Nc1ccc(F)c(Cl)c1. The van der Waals surface area contributed by atoms with Gasteiger partial charge in [-0.3, -0.25) is 0 Å². The first-order chi connectivity index (χ1) is 11.5. The molecule has 1 aromatic heterocycles. The van der Waals surface area contributed by atoms with Crippen molar-refractivity contribution in [2.45, 2.75) is 39.2 Å². The second-order valence-electron chi connectivity index (χ2n) is 5.87. The van der Waals surface area contributed by atoms with E-state index >= 15 is 0 Å². The average molecular weight is 352 g/mol. The molecule has 2 heterocycles. The Morgan fingerprint density at radius 1 is 1.54 bits per heavy atom. The fourth-order valence-corrected chi connectivity index (χ4v) is 3.37. The number of benzene rings is 1. The Bertz CT molecular complexity index is 762. The monoisotopic (exact) mass is 351 g/mol. The molecule has 0 aliphatic carbocycles. The normalized spacial score (nSPS) is 17.3. The number of rotatable bonds is 3. The number of likely N-dealkylation sites (tertiary alicyclic amines) is 1. The number of carbonyl (C=O) groups is 1. The Hall–Kier alpha value is -2.08. The number of nitrogens with zero attached hydrogens (tertiary/aromatic N) is 2. The van der Waals surface area contributed by atoms with Gasteiger partial charge in [0.1, 0.15) is 11.6 Å². The van der Waals surface area contributed by atoms with Crippen LogP contribution in [0.2, 0.25) is 5.02 Å². The molecule has 7 heteroatoms. The second kappa shape index (κ2) is 6.81. The van der Waals surface area contributed by atoms with E-state index in [0.717, 1.165) is 36.3 Å². The number of nitrogens with one attached hydrogen (secondary N) is 1.